The Kier molecular flexibility index (Phi) is 7.13. The van der Waals surface area contributed by atoms with Crippen molar-refractivity contribution in [3.05, 3.63) is 36.4 Å². The lowest BCUT2D eigenvalue weighted by Crippen LogP contribution is -2.49. The molecule has 3 aliphatic heterocycles. The van der Waals surface area contributed by atoms with Gasteiger partial charge in [0.15, 0.2) is 17.0 Å². The number of piperidine rings is 1. The SMILES string of the molecule is O=C1CCCN1CCn1cnc2c(NCc3cccnc3)nc(N3CCC(N4CCOCC4)CC3)nc21. The number of carbonyl (C=O) groups is 1. The van der Waals surface area contributed by atoms with Gasteiger partial charge in [0, 0.05) is 77.2 Å². The number of ether oxygens (including phenoxy) is 1. The summed E-state index contributed by atoms with van der Waals surface area (Å²) in [4.78, 5) is 37.8. The van der Waals surface area contributed by atoms with Crippen LogP contribution in [-0.4, -0.2) is 98.7 Å². The predicted molar refractivity (Wildman–Crippen MR) is 140 cm³/mol. The number of nitrogens with one attached hydrogen (secondary N) is 1. The second-order valence-electron chi connectivity index (χ2n) is 10.0. The zero-order valence-electron chi connectivity index (χ0n) is 21.3. The van der Waals surface area contributed by atoms with Crippen LogP contribution >= 0.6 is 0 Å². The molecule has 3 aromatic rings. The number of carbonyl (C=O) groups excluding carboxylic acids is 1. The van der Waals surface area contributed by atoms with Crippen LogP contribution in [0.15, 0.2) is 30.9 Å². The lowest BCUT2D eigenvalue weighted by atomic mass is 10.0. The van der Waals surface area contributed by atoms with Crippen molar-refractivity contribution in [2.24, 2.45) is 0 Å². The van der Waals surface area contributed by atoms with E-state index in [0.717, 1.165) is 93.7 Å². The van der Waals surface area contributed by atoms with Crippen molar-refractivity contribution in [2.75, 3.05) is 62.7 Å². The number of morpholine rings is 1. The van der Waals surface area contributed by atoms with Gasteiger partial charge in [-0.15, -0.1) is 0 Å². The molecule has 0 aliphatic carbocycles. The highest BCUT2D eigenvalue weighted by Crippen LogP contribution is 2.26. The minimum atomic E-state index is 0.238. The van der Waals surface area contributed by atoms with Crippen LogP contribution in [0.1, 0.15) is 31.2 Å². The molecule has 0 unspecified atom stereocenters. The van der Waals surface area contributed by atoms with Crippen LogP contribution in [0.4, 0.5) is 11.8 Å². The molecular formula is C26H35N9O2. The summed E-state index contributed by atoms with van der Waals surface area (Å²) in [7, 11) is 0. The summed E-state index contributed by atoms with van der Waals surface area (Å²) in [6.07, 6.45) is 9.24. The van der Waals surface area contributed by atoms with Gasteiger partial charge in [0.1, 0.15) is 0 Å². The molecule has 3 saturated heterocycles. The van der Waals surface area contributed by atoms with Crippen LogP contribution in [0, 0.1) is 0 Å². The van der Waals surface area contributed by atoms with E-state index in [-0.39, 0.29) is 5.91 Å². The summed E-state index contributed by atoms with van der Waals surface area (Å²) >= 11 is 0. The number of hydrogen-bond donors (Lipinski definition) is 1. The molecule has 0 bridgehead atoms. The van der Waals surface area contributed by atoms with Crippen molar-refractivity contribution in [1.82, 2.24) is 34.3 Å². The third-order valence-corrected chi connectivity index (χ3v) is 7.73. The van der Waals surface area contributed by atoms with E-state index >= 15 is 0 Å². The highest BCUT2D eigenvalue weighted by atomic mass is 16.5. The lowest BCUT2D eigenvalue weighted by molar-refractivity contribution is -0.127. The average molecular weight is 506 g/mol. The molecule has 0 radical (unpaired) electrons. The first-order valence-corrected chi connectivity index (χ1v) is 13.4. The molecule has 0 atom stereocenters. The molecular weight excluding hydrogens is 470 g/mol. The van der Waals surface area contributed by atoms with Gasteiger partial charge in [0.25, 0.3) is 0 Å². The Hall–Kier alpha value is -3.31. The first-order valence-electron chi connectivity index (χ1n) is 13.4. The Morgan fingerprint density at radius 1 is 1.05 bits per heavy atom. The van der Waals surface area contributed by atoms with Gasteiger partial charge in [-0.25, -0.2) is 4.98 Å². The third-order valence-electron chi connectivity index (χ3n) is 7.73. The van der Waals surface area contributed by atoms with Crippen molar-refractivity contribution in [3.63, 3.8) is 0 Å². The van der Waals surface area contributed by atoms with E-state index < -0.39 is 0 Å². The van der Waals surface area contributed by atoms with Gasteiger partial charge in [0.05, 0.1) is 19.5 Å². The van der Waals surface area contributed by atoms with Crippen molar-refractivity contribution < 1.29 is 9.53 Å². The number of likely N-dealkylation sites (tertiary alicyclic amines) is 1. The highest BCUT2D eigenvalue weighted by Gasteiger charge is 2.28. The van der Waals surface area contributed by atoms with E-state index in [1.807, 2.05) is 29.6 Å². The minimum Gasteiger partial charge on any atom is -0.379 e. The maximum Gasteiger partial charge on any atom is 0.229 e. The summed E-state index contributed by atoms with van der Waals surface area (Å²) in [5, 5.41) is 3.48. The van der Waals surface area contributed by atoms with Crippen LogP contribution in [0.25, 0.3) is 11.2 Å². The minimum absolute atomic E-state index is 0.238. The Morgan fingerprint density at radius 2 is 1.92 bits per heavy atom. The Bertz CT molecular complexity index is 1200. The average Bonchev–Trinajstić information content (AvgIpc) is 3.57. The molecule has 3 aliphatic rings. The van der Waals surface area contributed by atoms with Gasteiger partial charge in [-0.05, 0) is 30.9 Å². The van der Waals surface area contributed by atoms with Gasteiger partial charge in [0.2, 0.25) is 11.9 Å². The first-order chi connectivity index (χ1) is 18.2. The van der Waals surface area contributed by atoms with Crippen LogP contribution in [0.5, 0.6) is 0 Å². The highest BCUT2D eigenvalue weighted by molar-refractivity contribution is 5.84. The molecule has 6 heterocycles. The molecule has 0 spiro atoms. The lowest BCUT2D eigenvalue weighted by Gasteiger charge is -2.40. The number of nitrogens with zero attached hydrogens (tertiary/aromatic N) is 8. The molecule has 1 N–H and O–H groups in total. The second-order valence-corrected chi connectivity index (χ2v) is 10.0. The van der Waals surface area contributed by atoms with Gasteiger partial charge in [-0.2, -0.15) is 9.97 Å². The fourth-order valence-corrected chi connectivity index (χ4v) is 5.59. The molecule has 0 aromatic carbocycles. The van der Waals surface area contributed by atoms with Gasteiger partial charge in [-0.3, -0.25) is 14.7 Å². The topological polar surface area (TPSA) is 105 Å². The summed E-state index contributed by atoms with van der Waals surface area (Å²) in [6, 6.07) is 4.57. The monoisotopic (exact) mass is 505 g/mol. The summed E-state index contributed by atoms with van der Waals surface area (Å²) in [6.45, 7) is 8.33. The van der Waals surface area contributed by atoms with Gasteiger partial charge >= 0.3 is 0 Å². The standard InChI is InChI=1S/C26H35N9O2/c36-22-4-2-8-33(22)11-12-35-19-29-23-24(28-18-20-3-1-7-27-17-20)30-26(31-25(23)35)34-9-5-21(6-10-34)32-13-15-37-16-14-32/h1,3,7,17,19,21H,2,4-6,8-16,18H2,(H,28,30,31). The van der Waals surface area contributed by atoms with Crippen molar-refractivity contribution in [1.29, 1.82) is 0 Å². The normalized spacial score (nSPS) is 19.7. The quantitative estimate of drug-likeness (QED) is 0.490. The van der Waals surface area contributed by atoms with E-state index in [9.17, 15) is 4.79 Å². The van der Waals surface area contributed by atoms with Gasteiger partial charge < -0.3 is 24.4 Å². The number of rotatable bonds is 8. The molecule has 37 heavy (non-hydrogen) atoms. The number of imidazole rings is 1. The Labute approximate surface area is 216 Å². The van der Waals surface area contributed by atoms with Crippen LogP contribution in [0.3, 0.4) is 0 Å². The molecule has 1 amide bonds. The van der Waals surface area contributed by atoms with Crippen molar-refractivity contribution in [3.8, 4) is 0 Å². The molecule has 0 saturated carbocycles. The van der Waals surface area contributed by atoms with Crippen molar-refractivity contribution >= 4 is 28.8 Å². The molecule has 6 rings (SSSR count). The zero-order chi connectivity index (χ0) is 25.0. The Balaban J connectivity index is 1.23. The molecule has 196 valence electrons. The third kappa shape index (κ3) is 5.37. The number of aromatic nitrogens is 5. The smallest absolute Gasteiger partial charge is 0.229 e. The van der Waals surface area contributed by atoms with Crippen LogP contribution in [-0.2, 0) is 22.6 Å². The molecule has 3 fully saturated rings. The fourth-order valence-electron chi connectivity index (χ4n) is 5.59. The van der Waals surface area contributed by atoms with E-state index in [1.165, 1.54) is 0 Å². The number of amides is 1. The van der Waals surface area contributed by atoms with E-state index in [4.69, 9.17) is 14.7 Å². The fraction of sp³-hybridized carbons (Fsp3) is 0.577. The molecule has 11 heteroatoms. The predicted octanol–water partition coefficient (Wildman–Crippen LogP) is 1.76. The van der Waals surface area contributed by atoms with Gasteiger partial charge in [-0.1, -0.05) is 6.07 Å². The van der Waals surface area contributed by atoms with Crippen LogP contribution < -0.4 is 10.2 Å². The Morgan fingerprint density at radius 3 is 2.68 bits per heavy atom. The maximum atomic E-state index is 12.1. The summed E-state index contributed by atoms with van der Waals surface area (Å²) in [5.74, 6) is 1.71. The van der Waals surface area contributed by atoms with E-state index in [2.05, 4.69) is 29.7 Å². The summed E-state index contributed by atoms with van der Waals surface area (Å²) in [5.41, 5.74) is 2.64. The van der Waals surface area contributed by atoms with Crippen molar-refractivity contribution in [2.45, 2.75) is 44.8 Å². The van der Waals surface area contributed by atoms with E-state index in [0.29, 0.717) is 32.1 Å². The number of anilines is 2. The molecule has 11 nitrogen and oxygen atoms in total. The maximum absolute atomic E-state index is 12.1. The number of pyridine rings is 1. The summed E-state index contributed by atoms with van der Waals surface area (Å²) < 4.78 is 7.60. The second kappa shape index (κ2) is 11.0. The first kappa shape index (κ1) is 24.1. The largest absolute Gasteiger partial charge is 0.379 e. The van der Waals surface area contributed by atoms with Crippen LogP contribution in [0.2, 0.25) is 0 Å². The number of hydrogen-bond acceptors (Lipinski definition) is 9. The van der Waals surface area contributed by atoms with E-state index in [1.54, 1.807) is 6.20 Å². The zero-order valence-corrected chi connectivity index (χ0v) is 21.3. The number of fused-ring (bicyclic) bond motifs is 1. The molecule has 3 aromatic heterocycles.